The monoisotopic (exact) mass is 605 g/mol. The standard InChI is InChI=1S/C34H37F2N3O5/c1-22(40)38-29-18-24-10-6-12-27(16-24)44-28-13-7-11-25(17-28)19-30(33(43)37-21-34(2,35)36)39-32(42)26(20-31(29)41)15-14-23-8-4-3-5-9-23/h3-13,16-17,26,29-30H,14-15,18-21H2,1-2H3,(H,37,43)(H,38,40)(H,39,42)/t26-,29+,30+/m1/s1. The number of hydrogen-bond acceptors (Lipinski definition) is 5. The van der Waals surface area contributed by atoms with Crippen LogP contribution >= 0.6 is 0 Å². The molecule has 0 aromatic heterocycles. The summed E-state index contributed by atoms with van der Waals surface area (Å²) in [5.74, 6) is -5.09. The summed E-state index contributed by atoms with van der Waals surface area (Å²) in [6.45, 7) is 1.12. The Hall–Kier alpha value is -4.60. The molecule has 8 nitrogen and oxygen atoms in total. The van der Waals surface area contributed by atoms with Crippen molar-refractivity contribution < 1.29 is 32.7 Å². The van der Waals surface area contributed by atoms with E-state index in [0.717, 1.165) is 11.1 Å². The maximum absolute atomic E-state index is 13.8. The van der Waals surface area contributed by atoms with Gasteiger partial charge in [-0.3, -0.25) is 19.2 Å². The lowest BCUT2D eigenvalue weighted by molar-refractivity contribution is -0.134. The number of hydrogen-bond donors (Lipinski definition) is 3. The lowest BCUT2D eigenvalue weighted by atomic mass is 9.89. The number of fused-ring (bicyclic) bond motifs is 4. The normalized spacial score (nSPS) is 19.3. The summed E-state index contributed by atoms with van der Waals surface area (Å²) < 4.78 is 33.3. The minimum absolute atomic E-state index is 0.00202. The van der Waals surface area contributed by atoms with Crippen LogP contribution in [0, 0.1) is 5.92 Å². The molecule has 0 fully saturated rings. The highest BCUT2D eigenvalue weighted by Crippen LogP contribution is 2.25. The molecule has 232 valence electrons. The van der Waals surface area contributed by atoms with E-state index in [1.807, 2.05) is 36.4 Å². The van der Waals surface area contributed by atoms with Gasteiger partial charge in [0.2, 0.25) is 17.7 Å². The lowest BCUT2D eigenvalue weighted by Crippen LogP contribution is -2.52. The van der Waals surface area contributed by atoms with Crippen molar-refractivity contribution in [3.05, 3.63) is 95.6 Å². The fraction of sp³-hybridized carbons (Fsp3) is 0.353. The first kappa shape index (κ1) is 32.3. The number of ketones is 1. The van der Waals surface area contributed by atoms with Gasteiger partial charge in [-0.05, 0) is 60.2 Å². The third-order valence-electron chi connectivity index (χ3n) is 7.33. The number of Topliss-reactive ketones (excluding diaryl/α,β-unsaturated/α-hetero) is 1. The van der Waals surface area contributed by atoms with Crippen molar-refractivity contribution in [2.75, 3.05) is 6.54 Å². The van der Waals surface area contributed by atoms with Crippen LogP contribution in [0.3, 0.4) is 0 Å². The van der Waals surface area contributed by atoms with Crippen molar-refractivity contribution in [1.29, 1.82) is 0 Å². The molecule has 3 amide bonds. The number of aryl methyl sites for hydroxylation is 1. The smallest absolute Gasteiger partial charge is 0.262 e. The van der Waals surface area contributed by atoms with E-state index in [2.05, 4.69) is 16.0 Å². The van der Waals surface area contributed by atoms with E-state index in [4.69, 9.17) is 4.74 Å². The molecule has 0 saturated carbocycles. The highest BCUT2D eigenvalue weighted by atomic mass is 19.3. The highest BCUT2D eigenvalue weighted by molar-refractivity contribution is 5.94. The average Bonchev–Trinajstić information content (AvgIpc) is 2.97. The van der Waals surface area contributed by atoms with Gasteiger partial charge >= 0.3 is 0 Å². The maximum Gasteiger partial charge on any atom is 0.262 e. The van der Waals surface area contributed by atoms with Crippen molar-refractivity contribution >= 4 is 23.5 Å². The van der Waals surface area contributed by atoms with E-state index in [0.29, 0.717) is 30.4 Å². The predicted octanol–water partition coefficient (Wildman–Crippen LogP) is 4.55. The number of nitrogens with one attached hydrogen (secondary N) is 3. The van der Waals surface area contributed by atoms with Crippen LogP contribution in [0.1, 0.15) is 43.4 Å². The van der Waals surface area contributed by atoms with Crippen LogP contribution in [0.25, 0.3) is 0 Å². The van der Waals surface area contributed by atoms with E-state index in [9.17, 15) is 28.0 Å². The summed E-state index contributed by atoms with van der Waals surface area (Å²) in [6.07, 6.45) is 0.749. The summed E-state index contributed by atoms with van der Waals surface area (Å²) in [4.78, 5) is 52.7. The quantitative estimate of drug-likeness (QED) is 0.366. The number of rotatable bonds is 7. The molecule has 0 spiro atoms. The van der Waals surface area contributed by atoms with Gasteiger partial charge in [-0.25, -0.2) is 8.78 Å². The summed E-state index contributed by atoms with van der Waals surface area (Å²) in [5.41, 5.74) is 2.36. The number of ether oxygens (including phenoxy) is 1. The molecule has 44 heavy (non-hydrogen) atoms. The number of carbonyl (C=O) groups is 4. The number of amides is 3. The second kappa shape index (κ2) is 14.7. The van der Waals surface area contributed by atoms with Crippen LogP contribution in [-0.4, -0.2) is 48.1 Å². The van der Waals surface area contributed by atoms with Gasteiger partial charge in [-0.15, -0.1) is 0 Å². The molecule has 4 bridgehead atoms. The van der Waals surface area contributed by atoms with E-state index in [-0.39, 0.29) is 31.5 Å². The SMILES string of the molecule is CC(=O)N[C@H]1Cc2cccc(c2)Oc2cccc(c2)C[C@@H](C(=O)NCC(C)(F)F)NC(=O)[C@H](CCc2ccccc2)CC1=O. The summed E-state index contributed by atoms with van der Waals surface area (Å²) >= 11 is 0. The zero-order chi connectivity index (χ0) is 31.7. The Morgan fingerprint density at radius 3 is 2.16 bits per heavy atom. The Morgan fingerprint density at radius 1 is 0.909 bits per heavy atom. The van der Waals surface area contributed by atoms with Crippen LogP contribution in [-0.2, 0) is 38.4 Å². The minimum atomic E-state index is -3.15. The molecule has 3 atom stereocenters. The first-order chi connectivity index (χ1) is 20.9. The van der Waals surface area contributed by atoms with Crippen molar-refractivity contribution in [2.24, 2.45) is 5.92 Å². The molecule has 3 N–H and O–H groups in total. The zero-order valence-corrected chi connectivity index (χ0v) is 24.8. The van der Waals surface area contributed by atoms with Crippen LogP contribution in [0.5, 0.6) is 11.5 Å². The van der Waals surface area contributed by atoms with Crippen molar-refractivity contribution in [3.63, 3.8) is 0 Å². The topological polar surface area (TPSA) is 114 Å². The van der Waals surface area contributed by atoms with Gasteiger partial charge in [0.05, 0.1) is 12.6 Å². The van der Waals surface area contributed by atoms with Crippen LogP contribution in [0.15, 0.2) is 78.9 Å². The molecular weight excluding hydrogens is 568 g/mol. The predicted molar refractivity (Wildman–Crippen MR) is 161 cm³/mol. The van der Waals surface area contributed by atoms with Crippen LogP contribution < -0.4 is 20.7 Å². The molecule has 1 heterocycles. The zero-order valence-electron chi connectivity index (χ0n) is 24.8. The van der Waals surface area contributed by atoms with Crippen molar-refractivity contribution in [3.8, 4) is 11.5 Å². The number of alkyl halides is 2. The summed E-state index contributed by atoms with van der Waals surface area (Å²) in [7, 11) is 0. The van der Waals surface area contributed by atoms with Gasteiger partial charge in [0.15, 0.2) is 5.78 Å². The third kappa shape index (κ3) is 10.00. The molecule has 4 rings (SSSR count). The van der Waals surface area contributed by atoms with Crippen LogP contribution in [0.4, 0.5) is 8.78 Å². The molecule has 0 saturated heterocycles. The van der Waals surface area contributed by atoms with Gasteiger partial charge in [0.1, 0.15) is 17.5 Å². The number of benzene rings is 3. The van der Waals surface area contributed by atoms with E-state index in [1.54, 1.807) is 42.5 Å². The first-order valence-corrected chi connectivity index (χ1v) is 14.6. The van der Waals surface area contributed by atoms with Gasteiger partial charge in [0, 0.05) is 32.6 Å². The molecule has 1 aliphatic rings. The Kier molecular flexibility index (Phi) is 10.8. The lowest BCUT2D eigenvalue weighted by Gasteiger charge is -2.25. The largest absolute Gasteiger partial charge is 0.457 e. The average molecular weight is 606 g/mol. The van der Waals surface area contributed by atoms with E-state index in [1.165, 1.54) is 6.92 Å². The van der Waals surface area contributed by atoms with Crippen molar-refractivity contribution in [1.82, 2.24) is 16.0 Å². The Labute approximate surface area is 255 Å². The number of carbonyl (C=O) groups excluding carboxylic acids is 4. The van der Waals surface area contributed by atoms with Gasteiger partial charge < -0.3 is 20.7 Å². The maximum atomic E-state index is 13.8. The van der Waals surface area contributed by atoms with Crippen LogP contribution in [0.2, 0.25) is 0 Å². The second-order valence-electron chi connectivity index (χ2n) is 11.3. The Morgan fingerprint density at radius 2 is 1.55 bits per heavy atom. The molecule has 10 heteroatoms. The third-order valence-corrected chi connectivity index (χ3v) is 7.33. The molecule has 0 aliphatic carbocycles. The Balaban J connectivity index is 1.71. The second-order valence-corrected chi connectivity index (χ2v) is 11.3. The van der Waals surface area contributed by atoms with Gasteiger partial charge in [0.25, 0.3) is 5.92 Å². The fourth-order valence-corrected chi connectivity index (χ4v) is 5.13. The van der Waals surface area contributed by atoms with E-state index < -0.39 is 48.2 Å². The van der Waals surface area contributed by atoms with E-state index >= 15 is 0 Å². The van der Waals surface area contributed by atoms with Gasteiger partial charge in [-0.2, -0.15) is 0 Å². The number of halogens is 2. The first-order valence-electron chi connectivity index (χ1n) is 14.6. The molecular formula is C34H37F2N3O5. The molecule has 3 aromatic rings. The minimum Gasteiger partial charge on any atom is -0.457 e. The van der Waals surface area contributed by atoms with Gasteiger partial charge in [-0.1, -0.05) is 54.6 Å². The molecule has 1 aliphatic heterocycles. The fourth-order valence-electron chi connectivity index (χ4n) is 5.13. The van der Waals surface area contributed by atoms with Crippen molar-refractivity contribution in [2.45, 2.75) is 64.0 Å². The summed E-state index contributed by atoms with van der Waals surface area (Å²) in [5, 5.41) is 7.69. The molecule has 0 radical (unpaired) electrons. The molecule has 3 aromatic carbocycles. The molecule has 0 unspecified atom stereocenters. The Bertz CT molecular complexity index is 1470. The summed E-state index contributed by atoms with van der Waals surface area (Å²) in [6, 6.07) is 21.5. The highest BCUT2D eigenvalue weighted by Gasteiger charge is 2.31.